The molecular weight excluding hydrogens is 390 g/mol. The molecule has 0 spiro atoms. The van der Waals surface area contributed by atoms with E-state index in [1.807, 2.05) is 47.5 Å². The monoisotopic (exact) mass is 417 g/mol. The summed E-state index contributed by atoms with van der Waals surface area (Å²) in [7, 11) is 0. The first-order chi connectivity index (χ1) is 15.2. The number of carbonyl (C=O) groups excluding carboxylic acids is 1. The number of morpholine rings is 1. The van der Waals surface area contributed by atoms with Gasteiger partial charge in [-0.05, 0) is 36.6 Å². The van der Waals surface area contributed by atoms with E-state index >= 15 is 0 Å². The van der Waals surface area contributed by atoms with Crippen LogP contribution in [0.1, 0.15) is 18.4 Å². The number of hydrogen-bond acceptors (Lipinski definition) is 4. The molecule has 1 atom stereocenters. The van der Waals surface area contributed by atoms with Gasteiger partial charge < -0.3 is 19.5 Å². The lowest BCUT2D eigenvalue weighted by molar-refractivity contribution is -0.141. The lowest BCUT2D eigenvalue weighted by Gasteiger charge is -2.36. The number of amides is 1. The van der Waals surface area contributed by atoms with Crippen molar-refractivity contribution in [3.8, 4) is 0 Å². The Hall–Kier alpha value is -3.12. The van der Waals surface area contributed by atoms with Crippen LogP contribution in [-0.2, 0) is 21.5 Å². The highest BCUT2D eigenvalue weighted by molar-refractivity contribution is 5.93. The normalized spacial score (nSPS) is 20.5. The van der Waals surface area contributed by atoms with Crippen molar-refractivity contribution >= 4 is 22.5 Å². The quantitative estimate of drug-likeness (QED) is 0.693. The molecule has 1 amide bonds. The molecular formula is C25H27N3O3. The number of ether oxygens (including phenoxy) is 1. The average Bonchev–Trinajstić information content (AvgIpc) is 3.21. The van der Waals surface area contributed by atoms with Gasteiger partial charge in [-0.3, -0.25) is 9.59 Å². The molecule has 1 saturated heterocycles. The van der Waals surface area contributed by atoms with Crippen molar-refractivity contribution in [3.05, 3.63) is 76.6 Å². The highest BCUT2D eigenvalue weighted by atomic mass is 16.5. The lowest BCUT2D eigenvalue weighted by atomic mass is 9.76. The Balaban J connectivity index is 1.42. The van der Waals surface area contributed by atoms with Crippen LogP contribution in [0.15, 0.2) is 65.6 Å². The smallest absolute Gasteiger partial charge is 0.235 e. The summed E-state index contributed by atoms with van der Waals surface area (Å²) in [6.45, 7) is 3.86. The summed E-state index contributed by atoms with van der Waals surface area (Å²) >= 11 is 0. The summed E-state index contributed by atoms with van der Waals surface area (Å²) in [6.07, 6.45) is 3.44. The third kappa shape index (κ3) is 3.51. The SMILES string of the molecule is O=C(N1CCOCC1)C1(CCCn2ccc(=O)c3ccccc32)CNc2ccccc21. The Kier molecular flexibility index (Phi) is 5.24. The summed E-state index contributed by atoms with van der Waals surface area (Å²) in [5.74, 6) is 0.193. The number of rotatable bonds is 5. The first-order valence-electron chi connectivity index (χ1n) is 11.0. The van der Waals surface area contributed by atoms with Crippen molar-refractivity contribution in [3.63, 3.8) is 0 Å². The number of aryl methyl sites for hydroxylation is 1. The van der Waals surface area contributed by atoms with Crippen molar-refractivity contribution in [1.82, 2.24) is 9.47 Å². The van der Waals surface area contributed by atoms with E-state index in [4.69, 9.17) is 4.74 Å². The van der Waals surface area contributed by atoms with E-state index in [1.165, 1.54) is 0 Å². The van der Waals surface area contributed by atoms with Gasteiger partial charge in [0.25, 0.3) is 0 Å². The lowest BCUT2D eigenvalue weighted by Crippen LogP contribution is -2.52. The van der Waals surface area contributed by atoms with Gasteiger partial charge in [-0.1, -0.05) is 30.3 Å². The van der Waals surface area contributed by atoms with Crippen molar-refractivity contribution in [2.75, 3.05) is 38.2 Å². The number of para-hydroxylation sites is 2. The molecule has 160 valence electrons. The van der Waals surface area contributed by atoms with Gasteiger partial charge in [0, 0.05) is 49.5 Å². The highest BCUT2D eigenvalue weighted by Crippen LogP contribution is 2.41. The van der Waals surface area contributed by atoms with Crippen molar-refractivity contribution in [1.29, 1.82) is 0 Å². The predicted octanol–water partition coefficient (Wildman–Crippen LogP) is 3.00. The second-order valence-electron chi connectivity index (χ2n) is 8.38. The van der Waals surface area contributed by atoms with Crippen LogP contribution in [0.4, 0.5) is 5.69 Å². The highest BCUT2D eigenvalue weighted by Gasteiger charge is 2.47. The summed E-state index contributed by atoms with van der Waals surface area (Å²) < 4.78 is 7.59. The average molecular weight is 418 g/mol. The number of nitrogens with one attached hydrogen (secondary N) is 1. The van der Waals surface area contributed by atoms with Crippen molar-refractivity contribution in [2.24, 2.45) is 0 Å². The van der Waals surface area contributed by atoms with Crippen LogP contribution in [0.25, 0.3) is 10.9 Å². The van der Waals surface area contributed by atoms with Crippen LogP contribution in [0.5, 0.6) is 0 Å². The van der Waals surface area contributed by atoms with E-state index in [-0.39, 0.29) is 11.3 Å². The molecule has 1 fully saturated rings. The molecule has 2 aliphatic heterocycles. The Morgan fingerprint density at radius 1 is 1.03 bits per heavy atom. The minimum Gasteiger partial charge on any atom is -0.383 e. The molecule has 1 unspecified atom stereocenters. The van der Waals surface area contributed by atoms with Crippen molar-refractivity contribution < 1.29 is 9.53 Å². The number of fused-ring (bicyclic) bond motifs is 2. The fourth-order valence-electron chi connectivity index (χ4n) is 4.99. The van der Waals surface area contributed by atoms with Crippen molar-refractivity contribution in [2.45, 2.75) is 24.8 Å². The molecule has 6 nitrogen and oxygen atoms in total. The minimum absolute atomic E-state index is 0.0414. The maximum absolute atomic E-state index is 13.8. The molecule has 6 heteroatoms. The van der Waals surface area contributed by atoms with Crippen LogP contribution in [0.2, 0.25) is 0 Å². The van der Waals surface area contributed by atoms with E-state index in [0.29, 0.717) is 32.8 Å². The standard InChI is InChI=1S/C25H27N3O3/c29-23-10-13-27(22-9-4-1-6-19(22)23)12-5-11-25(24(30)28-14-16-31-17-15-28)18-26-21-8-3-2-7-20(21)25/h1-4,6-10,13,26H,5,11-12,14-18H2. The number of hydrogen-bond donors (Lipinski definition) is 1. The van der Waals surface area contributed by atoms with Gasteiger partial charge in [0.1, 0.15) is 0 Å². The number of pyridine rings is 1. The second kappa shape index (κ2) is 8.19. The summed E-state index contributed by atoms with van der Waals surface area (Å²) in [5, 5.41) is 4.20. The summed E-state index contributed by atoms with van der Waals surface area (Å²) in [5.41, 5.74) is 2.56. The molecule has 1 N–H and O–H groups in total. The zero-order chi connectivity index (χ0) is 21.3. The molecule has 0 radical (unpaired) electrons. The van der Waals surface area contributed by atoms with Crippen LogP contribution in [0.3, 0.4) is 0 Å². The van der Waals surface area contributed by atoms with E-state index in [0.717, 1.165) is 41.5 Å². The Bertz CT molecular complexity index is 1170. The maximum Gasteiger partial charge on any atom is 0.235 e. The molecule has 5 rings (SSSR count). The number of carbonyl (C=O) groups is 1. The molecule has 3 aromatic rings. The first kappa shape index (κ1) is 19.8. The third-order valence-electron chi connectivity index (χ3n) is 6.62. The number of nitrogens with zero attached hydrogens (tertiary/aromatic N) is 2. The molecule has 1 aromatic heterocycles. The zero-order valence-electron chi connectivity index (χ0n) is 17.5. The van der Waals surface area contributed by atoms with E-state index in [1.54, 1.807) is 6.07 Å². The number of benzene rings is 2. The fraction of sp³-hybridized carbons (Fsp3) is 0.360. The third-order valence-corrected chi connectivity index (χ3v) is 6.62. The molecule has 2 aliphatic rings. The molecule has 31 heavy (non-hydrogen) atoms. The minimum atomic E-state index is -0.567. The van der Waals surface area contributed by atoms with Gasteiger partial charge in [-0.2, -0.15) is 0 Å². The van der Waals surface area contributed by atoms with Crippen LogP contribution in [0, 0.1) is 0 Å². The molecule has 2 aromatic carbocycles. The van der Waals surface area contributed by atoms with E-state index in [2.05, 4.69) is 22.0 Å². The van der Waals surface area contributed by atoms with Gasteiger partial charge in [0.05, 0.1) is 24.1 Å². The van der Waals surface area contributed by atoms with Gasteiger partial charge >= 0.3 is 0 Å². The molecule has 0 aliphatic carbocycles. The Labute approximate surface area is 181 Å². The predicted molar refractivity (Wildman–Crippen MR) is 121 cm³/mol. The van der Waals surface area contributed by atoms with Crippen LogP contribution >= 0.6 is 0 Å². The summed E-state index contributed by atoms with van der Waals surface area (Å²) in [4.78, 5) is 27.9. The fourth-order valence-corrected chi connectivity index (χ4v) is 4.99. The Morgan fingerprint density at radius 3 is 2.68 bits per heavy atom. The van der Waals surface area contributed by atoms with Crippen LogP contribution in [-0.4, -0.2) is 48.2 Å². The van der Waals surface area contributed by atoms with Gasteiger partial charge in [0.2, 0.25) is 5.91 Å². The second-order valence-corrected chi connectivity index (χ2v) is 8.38. The molecule has 0 bridgehead atoms. The van der Waals surface area contributed by atoms with Gasteiger partial charge in [-0.15, -0.1) is 0 Å². The largest absolute Gasteiger partial charge is 0.383 e. The van der Waals surface area contributed by atoms with Gasteiger partial charge in [-0.25, -0.2) is 0 Å². The zero-order valence-corrected chi connectivity index (χ0v) is 17.5. The first-order valence-corrected chi connectivity index (χ1v) is 11.0. The van der Waals surface area contributed by atoms with Gasteiger partial charge in [0.15, 0.2) is 5.43 Å². The van der Waals surface area contributed by atoms with E-state index in [9.17, 15) is 9.59 Å². The molecule has 3 heterocycles. The Morgan fingerprint density at radius 2 is 1.81 bits per heavy atom. The number of anilines is 1. The topological polar surface area (TPSA) is 63.6 Å². The summed E-state index contributed by atoms with van der Waals surface area (Å²) in [6, 6.07) is 17.5. The van der Waals surface area contributed by atoms with Crippen LogP contribution < -0.4 is 10.7 Å². The maximum atomic E-state index is 13.8. The molecule has 0 saturated carbocycles. The number of aromatic nitrogens is 1. The van der Waals surface area contributed by atoms with E-state index < -0.39 is 5.41 Å².